The van der Waals surface area contributed by atoms with Gasteiger partial charge in [0.1, 0.15) is 0 Å². The van der Waals surface area contributed by atoms with Gasteiger partial charge < -0.3 is 11.1 Å². The van der Waals surface area contributed by atoms with Gasteiger partial charge in [0.15, 0.2) is 0 Å². The van der Waals surface area contributed by atoms with Crippen LogP contribution in [0.3, 0.4) is 0 Å². The summed E-state index contributed by atoms with van der Waals surface area (Å²) in [6.07, 6.45) is 2.30. The molecule has 0 saturated carbocycles. The average Bonchev–Trinajstić information content (AvgIpc) is 2.38. The lowest BCUT2D eigenvalue weighted by molar-refractivity contribution is 0.0952. The molecule has 20 heavy (non-hydrogen) atoms. The van der Waals surface area contributed by atoms with Crippen molar-refractivity contribution in [2.24, 2.45) is 5.73 Å². The minimum Gasteiger partial charge on any atom is -0.352 e. The lowest BCUT2D eigenvalue weighted by Crippen LogP contribution is -2.30. The summed E-state index contributed by atoms with van der Waals surface area (Å²) in [6, 6.07) is 7.32. The number of nitrogens with two attached hydrogens (primary N) is 1. The van der Waals surface area contributed by atoms with Crippen LogP contribution in [0.15, 0.2) is 24.3 Å². The highest BCUT2D eigenvalue weighted by Crippen LogP contribution is 2.08. The fraction of sp³-hybridized carbons (Fsp3) is 0.462. The zero-order valence-corrected chi connectivity index (χ0v) is 12.4. The Morgan fingerprint density at radius 1 is 1.25 bits per heavy atom. The van der Waals surface area contributed by atoms with Crippen molar-refractivity contribution in [1.29, 1.82) is 0 Å². The van der Waals surface area contributed by atoms with Crippen LogP contribution in [0.5, 0.6) is 0 Å². The molecule has 6 nitrogen and oxygen atoms in total. The summed E-state index contributed by atoms with van der Waals surface area (Å²) in [5.41, 5.74) is 7.05. The molecular weight excluding hydrogens is 278 g/mol. The minimum absolute atomic E-state index is 0.159. The van der Waals surface area contributed by atoms with Gasteiger partial charge in [-0.05, 0) is 31.0 Å². The summed E-state index contributed by atoms with van der Waals surface area (Å²) in [7, 11) is -3.17. The zero-order valence-electron chi connectivity index (χ0n) is 11.6. The molecule has 0 saturated heterocycles. The summed E-state index contributed by atoms with van der Waals surface area (Å²) in [6.45, 7) is 1.21. The molecule has 0 spiro atoms. The Labute approximate surface area is 119 Å². The van der Waals surface area contributed by atoms with Crippen molar-refractivity contribution in [3.63, 3.8) is 0 Å². The first kappa shape index (κ1) is 16.6. The van der Waals surface area contributed by atoms with Gasteiger partial charge in [-0.2, -0.15) is 0 Å². The van der Waals surface area contributed by atoms with Crippen LogP contribution < -0.4 is 15.8 Å². The SMILES string of the molecule is CS(=O)(=O)NCCCNC(=O)c1ccccc1CCN. The monoisotopic (exact) mass is 299 g/mol. The van der Waals surface area contributed by atoms with Crippen molar-refractivity contribution in [2.75, 3.05) is 25.9 Å². The smallest absolute Gasteiger partial charge is 0.251 e. The highest BCUT2D eigenvalue weighted by molar-refractivity contribution is 7.88. The van der Waals surface area contributed by atoms with Crippen molar-refractivity contribution in [1.82, 2.24) is 10.0 Å². The summed E-state index contributed by atoms with van der Waals surface area (Å²) < 4.78 is 24.1. The Hall–Kier alpha value is -1.44. The largest absolute Gasteiger partial charge is 0.352 e. The summed E-state index contributed by atoms with van der Waals surface area (Å²) >= 11 is 0. The molecule has 1 amide bonds. The van der Waals surface area contributed by atoms with Crippen molar-refractivity contribution in [3.05, 3.63) is 35.4 Å². The molecule has 0 fully saturated rings. The Morgan fingerprint density at radius 3 is 2.60 bits per heavy atom. The third-order valence-electron chi connectivity index (χ3n) is 2.68. The van der Waals surface area contributed by atoms with E-state index in [0.717, 1.165) is 11.8 Å². The second kappa shape index (κ2) is 7.98. The fourth-order valence-corrected chi connectivity index (χ4v) is 2.27. The van der Waals surface area contributed by atoms with Crippen molar-refractivity contribution < 1.29 is 13.2 Å². The third kappa shape index (κ3) is 6.14. The Morgan fingerprint density at radius 2 is 1.95 bits per heavy atom. The Balaban J connectivity index is 2.43. The van der Waals surface area contributed by atoms with E-state index in [1.807, 2.05) is 12.1 Å². The van der Waals surface area contributed by atoms with Crippen LogP contribution in [0.1, 0.15) is 22.3 Å². The maximum absolute atomic E-state index is 12.0. The zero-order chi connectivity index (χ0) is 15.0. The van der Waals surface area contributed by atoms with E-state index in [1.165, 1.54) is 0 Å². The van der Waals surface area contributed by atoms with Crippen LogP contribution in [-0.4, -0.2) is 40.2 Å². The molecule has 0 bridgehead atoms. The predicted octanol–water partition coefficient (Wildman–Crippen LogP) is -0.143. The number of carbonyl (C=O) groups is 1. The molecular formula is C13H21N3O3S. The highest BCUT2D eigenvalue weighted by Gasteiger charge is 2.09. The number of sulfonamides is 1. The standard InChI is InChI=1S/C13H21N3O3S/c1-20(18,19)16-10-4-9-15-13(17)12-6-3-2-5-11(12)7-8-14/h2-3,5-6,16H,4,7-10,14H2,1H3,(H,15,17). The third-order valence-corrected chi connectivity index (χ3v) is 3.41. The molecule has 0 aromatic heterocycles. The van der Waals surface area contributed by atoms with Gasteiger partial charge in [0, 0.05) is 18.7 Å². The Kier molecular flexibility index (Phi) is 6.63. The van der Waals surface area contributed by atoms with E-state index in [-0.39, 0.29) is 5.91 Å². The molecule has 112 valence electrons. The highest BCUT2D eigenvalue weighted by atomic mass is 32.2. The first-order valence-corrected chi connectivity index (χ1v) is 8.34. The number of benzene rings is 1. The van der Waals surface area contributed by atoms with E-state index in [9.17, 15) is 13.2 Å². The number of nitrogens with one attached hydrogen (secondary N) is 2. The van der Waals surface area contributed by atoms with Crippen LogP contribution in [0.25, 0.3) is 0 Å². The summed E-state index contributed by atoms with van der Waals surface area (Å²) in [5.74, 6) is -0.159. The van der Waals surface area contributed by atoms with Gasteiger partial charge in [-0.1, -0.05) is 18.2 Å². The topological polar surface area (TPSA) is 101 Å². The number of hydrogen-bond acceptors (Lipinski definition) is 4. The molecule has 0 aliphatic heterocycles. The molecule has 0 heterocycles. The lowest BCUT2D eigenvalue weighted by Gasteiger charge is -2.09. The molecule has 7 heteroatoms. The van der Waals surface area contributed by atoms with Gasteiger partial charge in [0.2, 0.25) is 10.0 Å². The van der Waals surface area contributed by atoms with Crippen molar-refractivity contribution in [2.45, 2.75) is 12.8 Å². The summed E-state index contributed by atoms with van der Waals surface area (Å²) in [5, 5.41) is 2.77. The number of rotatable bonds is 8. The molecule has 1 aromatic rings. The lowest BCUT2D eigenvalue weighted by atomic mass is 10.0. The van der Waals surface area contributed by atoms with Gasteiger partial charge in [-0.15, -0.1) is 0 Å². The first-order chi connectivity index (χ1) is 9.44. The average molecular weight is 299 g/mol. The number of amides is 1. The van der Waals surface area contributed by atoms with Crippen LogP contribution in [0.4, 0.5) is 0 Å². The molecule has 0 aliphatic rings. The van der Waals surface area contributed by atoms with Gasteiger partial charge in [-0.25, -0.2) is 13.1 Å². The van der Waals surface area contributed by atoms with E-state index in [1.54, 1.807) is 12.1 Å². The van der Waals surface area contributed by atoms with Crippen LogP contribution in [0.2, 0.25) is 0 Å². The second-order valence-corrected chi connectivity index (χ2v) is 6.30. The minimum atomic E-state index is -3.17. The van der Waals surface area contributed by atoms with E-state index in [0.29, 0.717) is 38.0 Å². The van der Waals surface area contributed by atoms with E-state index in [2.05, 4.69) is 10.0 Å². The molecule has 0 unspecified atom stereocenters. The van der Waals surface area contributed by atoms with Gasteiger partial charge in [-0.3, -0.25) is 4.79 Å². The second-order valence-electron chi connectivity index (χ2n) is 4.47. The Bertz CT molecular complexity index is 544. The molecule has 0 radical (unpaired) electrons. The number of carbonyl (C=O) groups excluding carboxylic acids is 1. The fourth-order valence-electron chi connectivity index (χ4n) is 1.76. The molecule has 1 aromatic carbocycles. The molecule has 1 rings (SSSR count). The summed E-state index contributed by atoms with van der Waals surface area (Å²) in [4.78, 5) is 12.0. The van der Waals surface area contributed by atoms with Gasteiger partial charge in [0.25, 0.3) is 5.91 Å². The van der Waals surface area contributed by atoms with E-state index in [4.69, 9.17) is 5.73 Å². The van der Waals surface area contributed by atoms with Crippen LogP contribution in [-0.2, 0) is 16.4 Å². The normalized spacial score (nSPS) is 11.3. The number of hydrogen-bond donors (Lipinski definition) is 3. The van der Waals surface area contributed by atoms with Crippen molar-refractivity contribution in [3.8, 4) is 0 Å². The van der Waals surface area contributed by atoms with Crippen LogP contribution in [0, 0.1) is 0 Å². The quantitative estimate of drug-likeness (QED) is 0.581. The van der Waals surface area contributed by atoms with Crippen LogP contribution >= 0.6 is 0 Å². The maximum Gasteiger partial charge on any atom is 0.251 e. The van der Waals surface area contributed by atoms with E-state index < -0.39 is 10.0 Å². The van der Waals surface area contributed by atoms with Crippen molar-refractivity contribution >= 4 is 15.9 Å². The predicted molar refractivity (Wildman–Crippen MR) is 79.0 cm³/mol. The van der Waals surface area contributed by atoms with Gasteiger partial charge in [0.05, 0.1) is 6.26 Å². The van der Waals surface area contributed by atoms with E-state index >= 15 is 0 Å². The maximum atomic E-state index is 12.0. The molecule has 0 atom stereocenters. The molecule has 4 N–H and O–H groups in total. The first-order valence-electron chi connectivity index (χ1n) is 6.45. The molecule has 0 aliphatic carbocycles. The van der Waals surface area contributed by atoms with Gasteiger partial charge >= 0.3 is 0 Å².